The lowest BCUT2D eigenvalue weighted by atomic mass is 9.52. The number of aryl methyl sites for hydroxylation is 1. The van der Waals surface area contributed by atoms with E-state index in [4.69, 9.17) is 4.74 Å². The number of aromatic carboxylic acids is 1. The minimum Gasteiger partial charge on any atom is -0.495 e. The quantitative estimate of drug-likeness (QED) is 0.708. The van der Waals surface area contributed by atoms with Gasteiger partial charge < -0.3 is 9.84 Å². The molecule has 0 radical (unpaired) electrons. The monoisotopic (exact) mass is 403 g/mol. The highest BCUT2D eigenvalue weighted by molar-refractivity contribution is 5.88. The van der Waals surface area contributed by atoms with Crippen molar-refractivity contribution < 1.29 is 14.6 Å². The van der Waals surface area contributed by atoms with Gasteiger partial charge in [0.25, 0.3) is 0 Å². The molecule has 1 N–H and O–H groups in total. The Morgan fingerprint density at radius 3 is 2.90 bits per heavy atom. The van der Waals surface area contributed by atoms with Crippen molar-refractivity contribution in [3.63, 3.8) is 0 Å². The maximum absolute atomic E-state index is 11.4. The number of carboxylic acids is 1. The van der Waals surface area contributed by atoms with Crippen molar-refractivity contribution in [3.05, 3.63) is 65.0 Å². The van der Waals surface area contributed by atoms with Crippen LogP contribution in [-0.4, -0.2) is 23.2 Å². The van der Waals surface area contributed by atoms with E-state index in [1.807, 2.05) is 12.3 Å². The number of methoxy groups -OCH3 is 1. The Kier molecular flexibility index (Phi) is 4.68. The summed E-state index contributed by atoms with van der Waals surface area (Å²) in [5.41, 5.74) is 5.96. The van der Waals surface area contributed by atoms with E-state index in [2.05, 4.69) is 30.1 Å². The van der Waals surface area contributed by atoms with Gasteiger partial charge in [-0.2, -0.15) is 0 Å². The van der Waals surface area contributed by atoms with Crippen LogP contribution in [0.1, 0.15) is 72.0 Å². The first-order chi connectivity index (χ1) is 14.6. The molecule has 1 heterocycles. The van der Waals surface area contributed by atoms with Crippen LogP contribution in [-0.2, 0) is 6.42 Å². The van der Waals surface area contributed by atoms with Crippen molar-refractivity contribution in [2.24, 2.45) is 17.3 Å². The van der Waals surface area contributed by atoms with Gasteiger partial charge in [-0.05, 0) is 102 Å². The molecule has 0 amide bonds. The highest BCUT2D eigenvalue weighted by Gasteiger charge is 2.53. The van der Waals surface area contributed by atoms with E-state index < -0.39 is 5.97 Å². The number of carboxylic acid groups (broad SMARTS) is 1. The number of ether oxygens (including phenoxy) is 1. The van der Waals surface area contributed by atoms with Gasteiger partial charge in [0.1, 0.15) is 5.75 Å². The number of aromatic nitrogens is 1. The zero-order chi connectivity index (χ0) is 20.9. The summed E-state index contributed by atoms with van der Waals surface area (Å²) in [7, 11) is 1.70. The predicted molar refractivity (Wildman–Crippen MR) is 117 cm³/mol. The molecule has 156 valence electrons. The molecule has 0 aliphatic heterocycles. The number of rotatable bonds is 4. The molecular formula is C26H29NO3. The fourth-order valence-corrected chi connectivity index (χ4v) is 6.83. The van der Waals surface area contributed by atoms with Gasteiger partial charge >= 0.3 is 5.97 Å². The molecule has 0 unspecified atom stereocenters. The molecule has 2 aromatic rings. The van der Waals surface area contributed by atoms with E-state index in [9.17, 15) is 9.90 Å². The van der Waals surface area contributed by atoms with E-state index in [1.165, 1.54) is 35.1 Å². The van der Waals surface area contributed by atoms with Crippen LogP contribution in [0.4, 0.5) is 0 Å². The number of hydrogen-bond acceptors (Lipinski definition) is 3. The second-order valence-corrected chi connectivity index (χ2v) is 9.15. The Morgan fingerprint density at radius 2 is 2.13 bits per heavy atom. The van der Waals surface area contributed by atoms with E-state index in [0.717, 1.165) is 31.4 Å². The van der Waals surface area contributed by atoms with Gasteiger partial charge in [0.2, 0.25) is 0 Å². The number of fused-ring (bicyclic) bond motifs is 5. The van der Waals surface area contributed by atoms with Crippen molar-refractivity contribution in [1.29, 1.82) is 0 Å². The Balaban J connectivity index is 1.48. The van der Waals surface area contributed by atoms with E-state index in [-0.39, 0.29) is 5.41 Å². The molecule has 1 aromatic carbocycles. The Morgan fingerprint density at radius 1 is 1.27 bits per heavy atom. The van der Waals surface area contributed by atoms with Crippen LogP contribution in [0, 0.1) is 17.3 Å². The molecule has 1 saturated carbocycles. The third kappa shape index (κ3) is 2.80. The third-order valence-electron chi connectivity index (χ3n) is 8.18. The molecule has 4 nitrogen and oxygen atoms in total. The van der Waals surface area contributed by atoms with Gasteiger partial charge in [0.15, 0.2) is 0 Å². The summed E-state index contributed by atoms with van der Waals surface area (Å²) in [6, 6.07) is 7.94. The van der Waals surface area contributed by atoms with E-state index >= 15 is 0 Å². The maximum Gasteiger partial charge on any atom is 0.335 e. The Hall–Kier alpha value is -2.62. The lowest BCUT2D eigenvalue weighted by Gasteiger charge is -2.52. The van der Waals surface area contributed by atoms with Gasteiger partial charge in [-0.1, -0.05) is 19.1 Å². The average molecular weight is 404 g/mol. The second kappa shape index (κ2) is 7.26. The van der Waals surface area contributed by atoms with E-state index in [1.54, 1.807) is 19.4 Å². The van der Waals surface area contributed by atoms with Gasteiger partial charge in [-0.3, -0.25) is 4.98 Å². The largest absolute Gasteiger partial charge is 0.495 e. The zero-order valence-corrected chi connectivity index (χ0v) is 17.7. The molecule has 5 rings (SSSR count). The topological polar surface area (TPSA) is 59.4 Å². The fourth-order valence-electron chi connectivity index (χ4n) is 6.83. The van der Waals surface area contributed by atoms with Crippen molar-refractivity contribution >= 4 is 11.5 Å². The highest BCUT2D eigenvalue weighted by Crippen LogP contribution is 2.64. The van der Waals surface area contributed by atoms with Gasteiger partial charge in [-0.15, -0.1) is 0 Å². The first-order valence-electron chi connectivity index (χ1n) is 11.1. The molecule has 0 saturated heterocycles. The lowest BCUT2D eigenvalue weighted by molar-refractivity contribution is 0.0691. The molecular weight excluding hydrogens is 374 g/mol. The van der Waals surface area contributed by atoms with Crippen molar-refractivity contribution in [2.75, 3.05) is 7.11 Å². The van der Waals surface area contributed by atoms with Crippen LogP contribution in [0.25, 0.3) is 5.57 Å². The van der Waals surface area contributed by atoms with Crippen LogP contribution in [0.3, 0.4) is 0 Å². The molecule has 30 heavy (non-hydrogen) atoms. The van der Waals surface area contributed by atoms with Crippen LogP contribution in [0.15, 0.2) is 42.7 Å². The molecule has 4 heteroatoms. The number of hydrogen-bond donors (Lipinski definition) is 1. The normalized spacial score (nSPS) is 29.4. The first-order valence-corrected chi connectivity index (χ1v) is 11.1. The highest BCUT2D eigenvalue weighted by atomic mass is 16.5. The molecule has 0 spiro atoms. The number of pyridine rings is 1. The summed E-state index contributed by atoms with van der Waals surface area (Å²) in [6.45, 7) is 2.34. The minimum absolute atomic E-state index is 0.216. The average Bonchev–Trinajstić information content (AvgIpc) is 3.18. The summed E-state index contributed by atoms with van der Waals surface area (Å²) in [5.74, 6) is 1.85. The van der Waals surface area contributed by atoms with E-state index in [0.29, 0.717) is 23.3 Å². The number of carbonyl (C=O) groups is 1. The van der Waals surface area contributed by atoms with Crippen LogP contribution < -0.4 is 4.74 Å². The van der Waals surface area contributed by atoms with Gasteiger partial charge in [0.05, 0.1) is 18.9 Å². The molecule has 0 bridgehead atoms. The summed E-state index contributed by atoms with van der Waals surface area (Å²) < 4.78 is 5.44. The van der Waals surface area contributed by atoms with Crippen molar-refractivity contribution in [3.8, 4) is 5.75 Å². The van der Waals surface area contributed by atoms with Crippen LogP contribution >= 0.6 is 0 Å². The number of nitrogens with zero attached hydrogens (tertiary/aromatic N) is 1. The zero-order valence-electron chi connectivity index (χ0n) is 17.7. The van der Waals surface area contributed by atoms with Crippen LogP contribution in [0.5, 0.6) is 5.75 Å². The maximum atomic E-state index is 11.4. The Bertz CT molecular complexity index is 1030. The van der Waals surface area contributed by atoms with Crippen LogP contribution in [0.2, 0.25) is 0 Å². The minimum atomic E-state index is -0.829. The fraction of sp³-hybridized carbons (Fsp3) is 0.462. The van der Waals surface area contributed by atoms with Gasteiger partial charge in [0, 0.05) is 6.20 Å². The van der Waals surface area contributed by atoms with Gasteiger partial charge in [-0.25, -0.2) is 4.79 Å². The standard InChI is InChI=1S/C26H29NO3/c1-3-26-11-10-21-20-6-5-17(25(28)29)12-16(20)4-7-22(21)24(26)9-8-23(26)18-13-19(30-2)15-27-14-18/h5-6,8,12-15,21-22,24H,3-4,7,9-11H2,1-2H3,(H,28,29)/t21-,22-,24+,26-/m1/s1. The third-order valence-corrected chi connectivity index (χ3v) is 8.18. The first kappa shape index (κ1) is 19.3. The molecule has 1 fully saturated rings. The predicted octanol–water partition coefficient (Wildman–Crippen LogP) is 5.73. The van der Waals surface area contributed by atoms with Crippen molar-refractivity contribution in [2.45, 2.75) is 51.4 Å². The smallest absolute Gasteiger partial charge is 0.335 e. The summed E-state index contributed by atoms with van der Waals surface area (Å²) in [5, 5.41) is 9.36. The molecule has 4 atom stereocenters. The number of allylic oxidation sites excluding steroid dienone is 2. The summed E-state index contributed by atoms with van der Waals surface area (Å²) in [6.07, 6.45) is 13.0. The van der Waals surface area contributed by atoms with Crippen molar-refractivity contribution in [1.82, 2.24) is 4.98 Å². The molecule has 3 aliphatic carbocycles. The molecule has 1 aromatic heterocycles. The SMILES string of the molecule is CC[C@]12CC[C@@H]3c4ccc(C(=O)O)cc4CC[C@H]3[C@@H]1CC=C2c1cncc(OC)c1. The Labute approximate surface area is 178 Å². The second-order valence-electron chi connectivity index (χ2n) is 9.15. The summed E-state index contributed by atoms with van der Waals surface area (Å²) >= 11 is 0. The molecule has 3 aliphatic rings. The summed E-state index contributed by atoms with van der Waals surface area (Å²) in [4.78, 5) is 15.8. The number of benzene rings is 1. The lowest BCUT2D eigenvalue weighted by Crippen LogP contribution is -2.42.